The van der Waals surface area contributed by atoms with E-state index >= 15 is 0 Å². The summed E-state index contributed by atoms with van der Waals surface area (Å²) >= 11 is 0. The fraction of sp³-hybridized carbons (Fsp3) is 0.438. The van der Waals surface area contributed by atoms with Gasteiger partial charge in [-0.05, 0) is 37.1 Å². The SMILES string of the molecule is Cn1cc[n+](C)c1N=Nc1ccc(N2CCC(O)CC2)cc1.[O-][Cl+3]([O-])([O-])[O-]. The molecule has 148 valence electrons. The number of nitrogens with zero attached hydrogens (tertiary/aromatic N) is 5. The van der Waals surface area contributed by atoms with E-state index in [1.165, 1.54) is 5.69 Å². The summed E-state index contributed by atoms with van der Waals surface area (Å²) in [6.45, 7) is 1.81. The van der Waals surface area contributed by atoms with Crippen molar-refractivity contribution in [2.75, 3.05) is 18.0 Å². The van der Waals surface area contributed by atoms with Crippen LogP contribution in [0.5, 0.6) is 0 Å². The topological polar surface area (TPSA) is 149 Å². The van der Waals surface area contributed by atoms with E-state index in [0.717, 1.165) is 37.6 Å². The number of benzene rings is 1. The van der Waals surface area contributed by atoms with Crippen LogP contribution in [0.4, 0.5) is 17.3 Å². The molecule has 1 aliphatic rings. The van der Waals surface area contributed by atoms with E-state index in [-0.39, 0.29) is 6.10 Å². The molecule has 1 fully saturated rings. The van der Waals surface area contributed by atoms with Crippen molar-refractivity contribution >= 4 is 17.3 Å². The van der Waals surface area contributed by atoms with Gasteiger partial charge >= 0.3 is 5.95 Å². The van der Waals surface area contributed by atoms with Crippen molar-refractivity contribution < 1.29 is 38.6 Å². The Balaban J connectivity index is 0.000000465. The van der Waals surface area contributed by atoms with Crippen LogP contribution >= 0.6 is 0 Å². The summed E-state index contributed by atoms with van der Waals surface area (Å²) in [5.41, 5.74) is 2.01. The molecule has 1 aromatic heterocycles. The zero-order chi connectivity index (χ0) is 20.0. The molecule has 0 saturated carbocycles. The first-order valence-electron chi connectivity index (χ1n) is 8.21. The van der Waals surface area contributed by atoms with Gasteiger partial charge in [-0.2, -0.15) is 0 Å². The Morgan fingerprint density at radius 2 is 1.63 bits per heavy atom. The number of hydrogen-bond donors (Lipinski definition) is 1. The maximum absolute atomic E-state index is 9.57. The Bertz CT molecular complexity index is 726. The van der Waals surface area contributed by atoms with Crippen LogP contribution in [0.1, 0.15) is 12.8 Å². The summed E-state index contributed by atoms with van der Waals surface area (Å²) in [6.07, 6.45) is 5.43. The molecule has 0 bridgehead atoms. The first-order chi connectivity index (χ1) is 12.6. The van der Waals surface area contributed by atoms with Crippen molar-refractivity contribution in [3.05, 3.63) is 36.7 Å². The van der Waals surface area contributed by atoms with Gasteiger partial charge in [0, 0.05) is 23.9 Å². The molecule has 0 atom stereocenters. The number of hydrogen-bond acceptors (Lipinski definition) is 8. The van der Waals surface area contributed by atoms with Gasteiger partial charge in [-0.3, -0.25) is 0 Å². The van der Waals surface area contributed by atoms with Crippen molar-refractivity contribution in [3.8, 4) is 0 Å². The van der Waals surface area contributed by atoms with Gasteiger partial charge in [0.05, 0.1) is 32.6 Å². The fourth-order valence-corrected chi connectivity index (χ4v) is 2.68. The molecule has 1 aliphatic heterocycles. The largest absolute Gasteiger partial charge is 0.421 e. The van der Waals surface area contributed by atoms with Crippen molar-refractivity contribution in [2.45, 2.75) is 18.9 Å². The molecule has 0 aliphatic carbocycles. The molecule has 1 aromatic carbocycles. The summed E-state index contributed by atoms with van der Waals surface area (Å²) in [6, 6.07) is 8.09. The number of rotatable bonds is 3. The van der Waals surface area contributed by atoms with Crippen LogP contribution in [0.3, 0.4) is 0 Å². The minimum atomic E-state index is -4.94. The number of azo groups is 1. The van der Waals surface area contributed by atoms with Crippen molar-refractivity contribution in [1.29, 1.82) is 0 Å². The van der Waals surface area contributed by atoms with Crippen LogP contribution in [0.2, 0.25) is 0 Å². The van der Waals surface area contributed by atoms with Gasteiger partial charge in [0.15, 0.2) is 0 Å². The summed E-state index contributed by atoms with van der Waals surface area (Å²) < 4.78 is 37.8. The van der Waals surface area contributed by atoms with E-state index in [4.69, 9.17) is 18.6 Å². The van der Waals surface area contributed by atoms with E-state index in [9.17, 15) is 5.11 Å². The molecule has 10 nitrogen and oxygen atoms in total. The molecule has 0 unspecified atom stereocenters. The molecule has 0 spiro atoms. The first-order valence-corrected chi connectivity index (χ1v) is 9.44. The summed E-state index contributed by atoms with van der Waals surface area (Å²) in [5.74, 6) is 0.800. The zero-order valence-electron chi connectivity index (χ0n) is 15.1. The van der Waals surface area contributed by atoms with Gasteiger partial charge in [-0.1, -0.05) is 5.11 Å². The third kappa shape index (κ3) is 7.21. The van der Waals surface area contributed by atoms with Crippen LogP contribution in [0.15, 0.2) is 46.9 Å². The van der Waals surface area contributed by atoms with E-state index in [2.05, 4.69) is 27.3 Å². The number of aliphatic hydroxyl groups is 1. The molecule has 3 rings (SSSR count). The molecule has 27 heavy (non-hydrogen) atoms. The Kier molecular flexibility index (Phi) is 7.25. The highest BCUT2D eigenvalue weighted by atomic mass is 35.7. The van der Waals surface area contributed by atoms with Gasteiger partial charge in [-0.15, -0.1) is 10.2 Å². The molecule has 2 aromatic rings. The molecule has 2 heterocycles. The van der Waals surface area contributed by atoms with Gasteiger partial charge in [0.1, 0.15) is 5.69 Å². The average molecular weight is 400 g/mol. The molecule has 0 amide bonds. The lowest BCUT2D eigenvalue weighted by Gasteiger charge is -2.31. The lowest BCUT2D eigenvalue weighted by molar-refractivity contribution is -2.00. The van der Waals surface area contributed by atoms with Crippen LogP contribution in [-0.4, -0.2) is 28.9 Å². The molecule has 1 N–H and O–H groups in total. The Labute approximate surface area is 159 Å². The highest BCUT2D eigenvalue weighted by molar-refractivity contribution is 5.53. The highest BCUT2D eigenvalue weighted by Gasteiger charge is 2.17. The van der Waals surface area contributed by atoms with E-state index in [0.29, 0.717) is 0 Å². The lowest BCUT2D eigenvalue weighted by atomic mass is 10.1. The fourth-order valence-electron chi connectivity index (χ4n) is 2.68. The van der Waals surface area contributed by atoms with Crippen LogP contribution in [0.25, 0.3) is 0 Å². The third-order valence-electron chi connectivity index (χ3n) is 4.08. The van der Waals surface area contributed by atoms with Gasteiger partial charge in [0.25, 0.3) is 0 Å². The zero-order valence-corrected chi connectivity index (χ0v) is 15.8. The van der Waals surface area contributed by atoms with Gasteiger partial charge < -0.3 is 10.0 Å². The van der Waals surface area contributed by atoms with Crippen LogP contribution in [-0.2, 0) is 14.1 Å². The number of imidazole rings is 1. The number of halogens is 1. The Morgan fingerprint density at radius 1 is 1.07 bits per heavy atom. The predicted molar refractivity (Wildman–Crippen MR) is 84.7 cm³/mol. The van der Waals surface area contributed by atoms with Crippen molar-refractivity contribution in [1.82, 2.24) is 4.57 Å². The Hall–Kier alpha value is -2.08. The predicted octanol–water partition coefficient (Wildman–Crippen LogP) is -2.53. The molecular weight excluding hydrogens is 378 g/mol. The minimum Gasteiger partial charge on any atom is -0.393 e. The van der Waals surface area contributed by atoms with Gasteiger partial charge in [0.2, 0.25) is 0 Å². The Morgan fingerprint density at radius 3 is 2.11 bits per heavy atom. The first kappa shape index (κ1) is 21.2. The second-order valence-corrected chi connectivity index (χ2v) is 6.89. The molecule has 1 saturated heterocycles. The van der Waals surface area contributed by atoms with Gasteiger partial charge in [-0.25, -0.2) is 27.8 Å². The normalized spacial score (nSPS) is 15.7. The molecule has 0 radical (unpaired) electrons. The van der Waals surface area contributed by atoms with Crippen molar-refractivity contribution in [3.63, 3.8) is 0 Å². The summed E-state index contributed by atoms with van der Waals surface area (Å²) in [5, 5.41) is 18.2. The smallest absolute Gasteiger partial charge is 0.393 e. The van der Waals surface area contributed by atoms with E-state index < -0.39 is 10.2 Å². The number of aromatic nitrogens is 2. The average Bonchev–Trinajstić information content (AvgIpc) is 2.91. The van der Waals surface area contributed by atoms with E-state index in [1.54, 1.807) is 0 Å². The maximum Gasteiger partial charge on any atom is 0.421 e. The van der Waals surface area contributed by atoms with Crippen molar-refractivity contribution in [2.24, 2.45) is 24.3 Å². The quantitative estimate of drug-likeness (QED) is 0.444. The van der Waals surface area contributed by atoms with Crippen LogP contribution < -0.4 is 28.1 Å². The summed E-state index contributed by atoms with van der Waals surface area (Å²) in [4.78, 5) is 2.30. The monoisotopic (exact) mass is 399 g/mol. The summed E-state index contributed by atoms with van der Waals surface area (Å²) in [7, 11) is -1.05. The highest BCUT2D eigenvalue weighted by Crippen LogP contribution is 2.24. The minimum absolute atomic E-state index is 0.143. The number of aliphatic hydroxyl groups excluding tert-OH is 1. The second kappa shape index (κ2) is 9.22. The number of aryl methyl sites for hydroxylation is 2. The van der Waals surface area contributed by atoms with Crippen LogP contribution in [0, 0.1) is 10.2 Å². The molecule has 11 heteroatoms. The standard InChI is InChI=1S/C16H22N5O.ClHO4/c1-19-11-12-20(2)16(19)18-17-13-3-5-14(6-4-13)21-9-7-15(22)8-10-21;2-1(3,4)5/h3-6,11-12,15,22H,7-10H2,1-2H3;(H,2,3,4,5)/q+1;/p-1. The number of piperidine rings is 1. The lowest BCUT2D eigenvalue weighted by Crippen LogP contribution is -2.68. The van der Waals surface area contributed by atoms with E-state index in [1.807, 2.05) is 47.8 Å². The number of anilines is 1. The third-order valence-corrected chi connectivity index (χ3v) is 4.08. The second-order valence-electron chi connectivity index (χ2n) is 6.13. The molecular formula is C16H22ClN5O5. The maximum atomic E-state index is 9.57.